The lowest BCUT2D eigenvalue weighted by molar-refractivity contribution is 1.74. The van der Waals surface area contributed by atoms with Gasteiger partial charge in [0, 0.05) is 0 Å². The molecule has 0 aromatic heterocycles. The quantitative estimate of drug-likeness (QED) is 0.399. The van der Waals surface area contributed by atoms with E-state index in [1.165, 1.54) is 0 Å². The highest BCUT2D eigenvalue weighted by Crippen LogP contribution is 1.93. The first-order chi connectivity index (χ1) is 1.73. The zero-order valence-corrected chi connectivity index (χ0v) is 3.94. The van der Waals surface area contributed by atoms with Crippen molar-refractivity contribution in [3.63, 3.8) is 0 Å². The van der Waals surface area contributed by atoms with Gasteiger partial charge >= 0.3 is 0 Å². The van der Waals surface area contributed by atoms with E-state index in [2.05, 4.69) is 15.8 Å². The molecule has 1 unspecified atom stereocenters. The van der Waals surface area contributed by atoms with Crippen LogP contribution in [0.3, 0.4) is 0 Å². The average molecular weight is 90.1 g/mol. The predicted molar refractivity (Wildman–Crippen MR) is 31.3 cm³/mol. The van der Waals surface area contributed by atoms with Crippen LogP contribution in [0.2, 0.25) is 0 Å². The Labute approximate surface area is 36.5 Å². The van der Waals surface area contributed by atoms with E-state index >= 15 is 0 Å². The Kier molecular flexibility index (Phi) is 7.46. The van der Waals surface area contributed by atoms with Crippen LogP contribution in [0.15, 0.2) is 11.9 Å². The lowest BCUT2D eigenvalue weighted by Crippen LogP contribution is -1.32. The maximum atomic E-state index is 3.52. The first kappa shape index (κ1) is 8.95. The van der Waals surface area contributed by atoms with E-state index in [4.69, 9.17) is 0 Å². The summed E-state index contributed by atoms with van der Waals surface area (Å²) in [6.07, 6.45) is 0. The molecule has 0 fully saturated rings. The summed E-state index contributed by atoms with van der Waals surface area (Å²) >= 11 is 0. The minimum Gasteiger partial charge on any atom is -0.111 e. The second-order valence-corrected chi connectivity index (χ2v) is 1.83. The van der Waals surface area contributed by atoms with Gasteiger partial charge in [0.2, 0.25) is 0 Å². The Bertz CT molecular complexity index is 26.6. The second kappa shape index (κ2) is 4.17. The molecule has 0 amide bonds. The van der Waals surface area contributed by atoms with Gasteiger partial charge in [-0.1, -0.05) is 19.3 Å². The minimum absolute atomic E-state index is 0. The highest BCUT2D eigenvalue weighted by Gasteiger charge is 1.51. The molecule has 0 aliphatic rings. The fourth-order valence-corrected chi connectivity index (χ4v) is 0. The fraction of sp³-hybridized carbons (Fsp3) is 0.500. The van der Waals surface area contributed by atoms with Crippen molar-refractivity contribution in [3.8, 4) is 0 Å². The molecule has 5 heavy (non-hydrogen) atoms. The molecule has 0 N–H and O–H groups in total. The van der Waals surface area contributed by atoms with E-state index in [0.29, 0.717) is 0 Å². The molecule has 1 atom stereocenters. The Balaban J connectivity index is 0. The van der Waals surface area contributed by atoms with Crippen LogP contribution in [0.1, 0.15) is 14.4 Å². The molecular formula is C4H11P. The predicted octanol–water partition coefficient (Wildman–Crippen LogP) is 2.03. The molecule has 0 heterocycles. The standard InChI is InChI=1S/C3H7P.CH4/c1-3(2)4;/h1,4H2,2H3;1H4. The van der Waals surface area contributed by atoms with E-state index in [0.717, 1.165) is 5.31 Å². The number of allylic oxidation sites excluding steroid dienone is 1. The van der Waals surface area contributed by atoms with Gasteiger partial charge in [0.05, 0.1) is 0 Å². The lowest BCUT2D eigenvalue weighted by atomic mass is 10.8. The molecule has 0 aromatic carbocycles. The highest BCUT2D eigenvalue weighted by atomic mass is 31.0. The van der Waals surface area contributed by atoms with Crippen molar-refractivity contribution in [1.82, 2.24) is 0 Å². The molecule has 32 valence electrons. The van der Waals surface area contributed by atoms with Crippen molar-refractivity contribution in [2.75, 3.05) is 0 Å². The van der Waals surface area contributed by atoms with Crippen LogP contribution in [0.4, 0.5) is 0 Å². The summed E-state index contributed by atoms with van der Waals surface area (Å²) in [6.45, 7) is 5.45. The molecule has 0 spiro atoms. The molecule has 0 radical (unpaired) electrons. The van der Waals surface area contributed by atoms with E-state index in [9.17, 15) is 0 Å². The van der Waals surface area contributed by atoms with Crippen LogP contribution in [-0.2, 0) is 0 Å². The maximum Gasteiger partial charge on any atom is -0.0404 e. The number of rotatable bonds is 0. The third-order valence-electron chi connectivity index (χ3n) is 0. The first-order valence-corrected chi connectivity index (χ1v) is 1.72. The van der Waals surface area contributed by atoms with Crippen molar-refractivity contribution in [2.45, 2.75) is 14.4 Å². The van der Waals surface area contributed by atoms with E-state index < -0.39 is 0 Å². The summed E-state index contributed by atoms with van der Waals surface area (Å²) in [5.74, 6) is 0. The molecule has 0 saturated heterocycles. The van der Waals surface area contributed by atoms with Gasteiger partial charge in [-0.05, 0) is 6.92 Å². The third kappa shape index (κ3) is 679. The summed E-state index contributed by atoms with van der Waals surface area (Å²) < 4.78 is 0. The molecule has 0 saturated carbocycles. The second-order valence-electron chi connectivity index (χ2n) is 0.846. The van der Waals surface area contributed by atoms with Crippen molar-refractivity contribution >= 4 is 9.24 Å². The van der Waals surface area contributed by atoms with Crippen molar-refractivity contribution < 1.29 is 0 Å². The molecule has 0 nitrogen and oxygen atoms in total. The van der Waals surface area contributed by atoms with Gasteiger partial charge in [-0.15, -0.1) is 9.24 Å². The van der Waals surface area contributed by atoms with Crippen LogP contribution in [0.5, 0.6) is 0 Å². The Morgan fingerprint density at radius 2 is 1.80 bits per heavy atom. The van der Waals surface area contributed by atoms with Gasteiger partial charge in [0.1, 0.15) is 0 Å². The molecular weight excluding hydrogens is 79.0 g/mol. The molecule has 0 aliphatic carbocycles. The zero-order valence-electron chi connectivity index (χ0n) is 2.78. The van der Waals surface area contributed by atoms with Crippen LogP contribution in [0, 0.1) is 0 Å². The van der Waals surface area contributed by atoms with Gasteiger partial charge in [-0.2, -0.15) is 0 Å². The van der Waals surface area contributed by atoms with Gasteiger partial charge < -0.3 is 0 Å². The van der Waals surface area contributed by atoms with Crippen LogP contribution < -0.4 is 0 Å². The van der Waals surface area contributed by atoms with Crippen molar-refractivity contribution in [2.24, 2.45) is 0 Å². The maximum absolute atomic E-state index is 3.52. The summed E-state index contributed by atoms with van der Waals surface area (Å²) in [5, 5.41) is 1.08. The molecule has 0 aliphatic heterocycles. The van der Waals surface area contributed by atoms with Crippen molar-refractivity contribution in [1.29, 1.82) is 0 Å². The lowest BCUT2D eigenvalue weighted by Gasteiger charge is -1.65. The van der Waals surface area contributed by atoms with Gasteiger partial charge in [-0.25, -0.2) is 0 Å². The Hall–Kier alpha value is 0.170. The van der Waals surface area contributed by atoms with Crippen LogP contribution >= 0.6 is 9.24 Å². The van der Waals surface area contributed by atoms with E-state index in [1.54, 1.807) is 0 Å². The fourth-order valence-electron chi connectivity index (χ4n) is 0. The highest BCUT2D eigenvalue weighted by molar-refractivity contribution is 7.22. The molecule has 0 aromatic rings. The summed E-state index contributed by atoms with van der Waals surface area (Å²) in [5.41, 5.74) is 0. The SMILES string of the molecule is C.C=C(C)P. The number of hydrogen-bond acceptors (Lipinski definition) is 0. The minimum atomic E-state index is 0. The van der Waals surface area contributed by atoms with Crippen LogP contribution in [0.25, 0.3) is 0 Å². The van der Waals surface area contributed by atoms with E-state index in [1.807, 2.05) is 6.92 Å². The van der Waals surface area contributed by atoms with Crippen LogP contribution in [-0.4, -0.2) is 0 Å². The topological polar surface area (TPSA) is 0 Å². The monoisotopic (exact) mass is 90.1 g/mol. The van der Waals surface area contributed by atoms with E-state index in [-0.39, 0.29) is 7.43 Å². The number of hydrogen-bond donors (Lipinski definition) is 0. The van der Waals surface area contributed by atoms with Gasteiger partial charge in [-0.3, -0.25) is 0 Å². The smallest absolute Gasteiger partial charge is 0.0404 e. The molecule has 0 bridgehead atoms. The summed E-state index contributed by atoms with van der Waals surface area (Å²) in [7, 11) is 2.46. The summed E-state index contributed by atoms with van der Waals surface area (Å²) in [6, 6.07) is 0. The molecule has 1 heteroatoms. The Morgan fingerprint density at radius 3 is 1.80 bits per heavy atom. The van der Waals surface area contributed by atoms with Crippen molar-refractivity contribution in [3.05, 3.63) is 11.9 Å². The molecule has 0 rings (SSSR count). The van der Waals surface area contributed by atoms with Gasteiger partial charge in [0.15, 0.2) is 0 Å². The average Bonchev–Trinajstić information content (AvgIpc) is 0.811. The largest absolute Gasteiger partial charge is 0.111 e. The van der Waals surface area contributed by atoms with Gasteiger partial charge in [0.25, 0.3) is 0 Å². The first-order valence-electron chi connectivity index (χ1n) is 1.14. The third-order valence-corrected chi connectivity index (χ3v) is 0. The summed E-state index contributed by atoms with van der Waals surface area (Å²) in [4.78, 5) is 0. The normalized spacial score (nSPS) is 5.20. The Morgan fingerprint density at radius 1 is 1.80 bits per heavy atom. The zero-order chi connectivity index (χ0) is 3.58.